The molecule has 0 saturated carbocycles. The SMILES string of the molecule is CC(C)(c1ccccc1)C(N)(COCc1ccccc1)C(N)=O. The standard InChI is InChI=1S/C19H24N2O2/c1-18(2,16-11-7-4-8-12-16)19(21,17(20)22)14-23-13-15-9-5-3-6-10-15/h3-12H,13-14,21H2,1-2H3,(H2,20,22). The minimum absolute atomic E-state index is 0.0547. The lowest BCUT2D eigenvalue weighted by atomic mass is 9.68. The number of rotatable bonds is 7. The maximum absolute atomic E-state index is 12.1. The van der Waals surface area contributed by atoms with E-state index in [0.29, 0.717) is 6.61 Å². The molecule has 0 bridgehead atoms. The highest BCUT2D eigenvalue weighted by atomic mass is 16.5. The van der Waals surface area contributed by atoms with Gasteiger partial charge in [-0.15, -0.1) is 0 Å². The summed E-state index contributed by atoms with van der Waals surface area (Å²) in [5.41, 5.74) is 12.1. The summed E-state index contributed by atoms with van der Waals surface area (Å²) >= 11 is 0. The maximum atomic E-state index is 12.1. The van der Waals surface area contributed by atoms with Crippen molar-refractivity contribution in [1.29, 1.82) is 0 Å². The summed E-state index contributed by atoms with van der Waals surface area (Å²) in [7, 11) is 0. The van der Waals surface area contributed by atoms with Crippen LogP contribution in [-0.4, -0.2) is 18.1 Å². The molecule has 0 saturated heterocycles. The number of ether oxygens (including phenoxy) is 1. The second-order valence-corrected chi connectivity index (χ2v) is 6.31. The highest BCUT2D eigenvalue weighted by Crippen LogP contribution is 2.33. The van der Waals surface area contributed by atoms with Crippen molar-refractivity contribution in [1.82, 2.24) is 0 Å². The van der Waals surface area contributed by atoms with Gasteiger partial charge in [-0.05, 0) is 11.1 Å². The Hall–Kier alpha value is -2.17. The first-order chi connectivity index (χ1) is 10.9. The molecule has 0 fully saturated rings. The molecule has 4 nitrogen and oxygen atoms in total. The number of primary amides is 1. The summed E-state index contributed by atoms with van der Waals surface area (Å²) in [6.07, 6.45) is 0. The number of hydrogen-bond acceptors (Lipinski definition) is 3. The highest BCUT2D eigenvalue weighted by molar-refractivity contribution is 5.87. The zero-order valence-electron chi connectivity index (χ0n) is 13.7. The van der Waals surface area contributed by atoms with Gasteiger partial charge in [-0.3, -0.25) is 4.79 Å². The van der Waals surface area contributed by atoms with E-state index in [1.807, 2.05) is 74.5 Å². The molecule has 23 heavy (non-hydrogen) atoms. The van der Waals surface area contributed by atoms with Crippen LogP contribution >= 0.6 is 0 Å². The molecule has 4 N–H and O–H groups in total. The van der Waals surface area contributed by atoms with Gasteiger partial charge in [-0.1, -0.05) is 74.5 Å². The predicted octanol–water partition coefficient (Wildman–Crippen LogP) is 2.36. The molecule has 0 aromatic heterocycles. The van der Waals surface area contributed by atoms with E-state index >= 15 is 0 Å². The van der Waals surface area contributed by atoms with Gasteiger partial charge in [0.2, 0.25) is 5.91 Å². The molecular formula is C19H24N2O2. The average molecular weight is 312 g/mol. The first kappa shape index (κ1) is 17.2. The lowest BCUT2D eigenvalue weighted by Gasteiger charge is -2.41. The molecule has 0 aliphatic heterocycles. The van der Waals surface area contributed by atoms with E-state index in [9.17, 15) is 4.79 Å². The number of nitrogens with two attached hydrogens (primary N) is 2. The second-order valence-electron chi connectivity index (χ2n) is 6.31. The summed E-state index contributed by atoms with van der Waals surface area (Å²) < 4.78 is 5.73. The van der Waals surface area contributed by atoms with E-state index in [2.05, 4.69) is 0 Å². The smallest absolute Gasteiger partial charge is 0.240 e. The molecular weight excluding hydrogens is 288 g/mol. The van der Waals surface area contributed by atoms with Crippen LogP contribution in [0.3, 0.4) is 0 Å². The summed E-state index contributed by atoms with van der Waals surface area (Å²) in [5.74, 6) is -0.570. The van der Waals surface area contributed by atoms with E-state index in [4.69, 9.17) is 16.2 Å². The lowest BCUT2D eigenvalue weighted by Crippen LogP contribution is -2.66. The largest absolute Gasteiger partial charge is 0.374 e. The number of benzene rings is 2. The van der Waals surface area contributed by atoms with Crippen LogP contribution in [0.2, 0.25) is 0 Å². The van der Waals surface area contributed by atoms with E-state index in [-0.39, 0.29) is 6.61 Å². The van der Waals surface area contributed by atoms with Crippen molar-refractivity contribution in [3.05, 3.63) is 71.8 Å². The number of amides is 1. The molecule has 0 spiro atoms. The summed E-state index contributed by atoms with van der Waals surface area (Å²) in [6, 6.07) is 19.4. The van der Waals surface area contributed by atoms with Gasteiger partial charge >= 0.3 is 0 Å². The van der Waals surface area contributed by atoms with Crippen LogP contribution in [0.4, 0.5) is 0 Å². The fourth-order valence-corrected chi connectivity index (χ4v) is 2.58. The lowest BCUT2D eigenvalue weighted by molar-refractivity contribution is -0.128. The Labute approximate surface area is 137 Å². The number of carbonyl (C=O) groups is 1. The van der Waals surface area contributed by atoms with Gasteiger partial charge in [-0.2, -0.15) is 0 Å². The number of carbonyl (C=O) groups excluding carboxylic acids is 1. The second kappa shape index (κ2) is 6.94. The molecule has 1 unspecified atom stereocenters. The first-order valence-corrected chi connectivity index (χ1v) is 7.64. The molecule has 122 valence electrons. The van der Waals surface area contributed by atoms with Gasteiger partial charge in [-0.25, -0.2) is 0 Å². The van der Waals surface area contributed by atoms with Crippen LogP contribution in [0.5, 0.6) is 0 Å². The van der Waals surface area contributed by atoms with Crippen molar-refractivity contribution < 1.29 is 9.53 Å². The van der Waals surface area contributed by atoms with Crippen LogP contribution < -0.4 is 11.5 Å². The first-order valence-electron chi connectivity index (χ1n) is 7.64. The molecule has 0 heterocycles. The topological polar surface area (TPSA) is 78.3 Å². The average Bonchev–Trinajstić information content (AvgIpc) is 2.56. The zero-order chi connectivity index (χ0) is 16.9. The van der Waals surface area contributed by atoms with Crippen LogP contribution in [0.25, 0.3) is 0 Å². The molecule has 2 aromatic rings. The van der Waals surface area contributed by atoms with Gasteiger partial charge in [0.05, 0.1) is 13.2 Å². The summed E-state index contributed by atoms with van der Waals surface area (Å²) in [4.78, 5) is 12.1. The van der Waals surface area contributed by atoms with Crippen LogP contribution in [0, 0.1) is 0 Å². The van der Waals surface area contributed by atoms with Crippen molar-refractivity contribution >= 4 is 5.91 Å². The third kappa shape index (κ3) is 3.60. The van der Waals surface area contributed by atoms with Gasteiger partial charge in [0.25, 0.3) is 0 Å². The van der Waals surface area contributed by atoms with E-state index < -0.39 is 16.9 Å². The zero-order valence-corrected chi connectivity index (χ0v) is 13.7. The Kier molecular flexibility index (Phi) is 5.19. The molecule has 1 amide bonds. The molecule has 2 aromatic carbocycles. The van der Waals surface area contributed by atoms with E-state index in [1.54, 1.807) is 0 Å². The normalized spacial score (nSPS) is 14.2. The van der Waals surface area contributed by atoms with Gasteiger partial charge < -0.3 is 16.2 Å². The minimum Gasteiger partial charge on any atom is -0.374 e. The Morgan fingerprint density at radius 2 is 1.52 bits per heavy atom. The van der Waals surface area contributed by atoms with Gasteiger partial charge in [0.15, 0.2) is 0 Å². The molecule has 0 aliphatic carbocycles. The predicted molar refractivity (Wildman–Crippen MR) is 91.7 cm³/mol. The third-order valence-corrected chi connectivity index (χ3v) is 4.49. The fraction of sp³-hybridized carbons (Fsp3) is 0.316. The summed E-state index contributed by atoms with van der Waals surface area (Å²) in [5, 5.41) is 0. The molecule has 0 aliphatic rings. The molecule has 1 atom stereocenters. The molecule has 2 rings (SSSR count). The Morgan fingerprint density at radius 3 is 2.04 bits per heavy atom. The fourth-order valence-electron chi connectivity index (χ4n) is 2.58. The summed E-state index contributed by atoms with van der Waals surface area (Å²) in [6.45, 7) is 4.27. The van der Waals surface area contributed by atoms with Crippen molar-refractivity contribution in [3.63, 3.8) is 0 Å². The Bertz CT molecular complexity index is 641. The molecule has 4 heteroatoms. The van der Waals surface area contributed by atoms with Crippen molar-refractivity contribution in [2.45, 2.75) is 31.4 Å². The Morgan fingerprint density at radius 1 is 1.00 bits per heavy atom. The van der Waals surface area contributed by atoms with Gasteiger partial charge in [0, 0.05) is 5.41 Å². The van der Waals surface area contributed by atoms with Gasteiger partial charge in [0.1, 0.15) is 5.54 Å². The quantitative estimate of drug-likeness (QED) is 0.824. The monoisotopic (exact) mass is 312 g/mol. The van der Waals surface area contributed by atoms with Crippen LogP contribution in [-0.2, 0) is 21.6 Å². The number of hydrogen-bond donors (Lipinski definition) is 2. The molecule has 0 radical (unpaired) electrons. The van der Waals surface area contributed by atoms with Crippen molar-refractivity contribution in [3.8, 4) is 0 Å². The van der Waals surface area contributed by atoms with Crippen molar-refractivity contribution in [2.24, 2.45) is 11.5 Å². The minimum atomic E-state index is -1.30. The van der Waals surface area contributed by atoms with Crippen LogP contribution in [0.15, 0.2) is 60.7 Å². The Balaban J connectivity index is 2.17. The van der Waals surface area contributed by atoms with Crippen LogP contribution in [0.1, 0.15) is 25.0 Å². The maximum Gasteiger partial charge on any atom is 0.240 e. The van der Waals surface area contributed by atoms with E-state index in [1.165, 1.54) is 0 Å². The van der Waals surface area contributed by atoms with Crippen molar-refractivity contribution in [2.75, 3.05) is 6.61 Å². The van der Waals surface area contributed by atoms with E-state index in [0.717, 1.165) is 11.1 Å². The third-order valence-electron chi connectivity index (χ3n) is 4.49. The highest BCUT2D eigenvalue weighted by Gasteiger charge is 2.48.